The van der Waals surface area contributed by atoms with Crippen LogP contribution < -0.4 is 0 Å². The maximum atomic E-state index is 13.1. The number of rotatable bonds is 2. The molecule has 1 N–H and O–H groups in total. The molecular formula is C10H12FN. The molecule has 0 saturated carbocycles. The lowest BCUT2D eigenvalue weighted by Gasteiger charge is -2.07. The highest BCUT2D eigenvalue weighted by Gasteiger charge is 2.06. The quantitative estimate of drug-likeness (QED) is 0.651. The van der Waals surface area contributed by atoms with Crippen LogP contribution in [0.1, 0.15) is 23.6 Å². The smallest absolute Gasteiger partial charge is 0.132 e. The van der Waals surface area contributed by atoms with Gasteiger partial charge in [0.25, 0.3) is 0 Å². The maximum absolute atomic E-state index is 13.1. The van der Waals surface area contributed by atoms with Gasteiger partial charge in [-0.2, -0.15) is 0 Å². The summed E-state index contributed by atoms with van der Waals surface area (Å²) in [5, 5.41) is 7.06. The van der Waals surface area contributed by atoms with Crippen molar-refractivity contribution in [2.24, 2.45) is 0 Å². The highest BCUT2D eigenvalue weighted by Crippen LogP contribution is 2.16. The Labute approximate surface area is 71.7 Å². The van der Waals surface area contributed by atoms with Gasteiger partial charge in [-0.15, -0.1) is 0 Å². The molecule has 0 aromatic heterocycles. The standard InChI is InChI=1S/C10H12FN/c1-3-8-7(2)4-5-10(11)9(8)6-12/h4-6,12H,3H2,1-2H3. The minimum absolute atomic E-state index is 0.299. The molecule has 0 bridgehead atoms. The maximum Gasteiger partial charge on any atom is 0.132 e. The van der Waals surface area contributed by atoms with Crippen molar-refractivity contribution in [2.75, 3.05) is 0 Å². The van der Waals surface area contributed by atoms with E-state index < -0.39 is 0 Å². The minimum atomic E-state index is -0.299. The number of hydrogen-bond acceptors (Lipinski definition) is 1. The molecule has 1 aromatic rings. The van der Waals surface area contributed by atoms with Gasteiger partial charge in [0.2, 0.25) is 0 Å². The Morgan fingerprint density at radius 1 is 1.50 bits per heavy atom. The molecule has 0 radical (unpaired) electrons. The van der Waals surface area contributed by atoms with Crippen molar-refractivity contribution in [1.82, 2.24) is 0 Å². The molecule has 0 spiro atoms. The summed E-state index contributed by atoms with van der Waals surface area (Å²) >= 11 is 0. The Morgan fingerprint density at radius 2 is 2.17 bits per heavy atom. The summed E-state index contributed by atoms with van der Waals surface area (Å²) in [6.07, 6.45) is 1.86. The van der Waals surface area contributed by atoms with Crippen LogP contribution in [0, 0.1) is 18.2 Å². The first-order valence-electron chi connectivity index (χ1n) is 3.99. The van der Waals surface area contributed by atoms with Crippen LogP contribution in [-0.2, 0) is 6.42 Å². The molecule has 1 rings (SSSR count). The molecule has 0 saturated heterocycles. The topological polar surface area (TPSA) is 23.9 Å². The number of hydrogen-bond donors (Lipinski definition) is 1. The fraction of sp³-hybridized carbons (Fsp3) is 0.300. The molecule has 64 valence electrons. The van der Waals surface area contributed by atoms with Gasteiger partial charge in [-0.3, -0.25) is 0 Å². The Balaban J connectivity index is 3.38. The average molecular weight is 165 g/mol. The molecule has 1 nitrogen and oxygen atoms in total. The second-order valence-electron chi connectivity index (χ2n) is 2.75. The van der Waals surface area contributed by atoms with E-state index in [0.29, 0.717) is 5.56 Å². The largest absolute Gasteiger partial charge is 0.308 e. The van der Waals surface area contributed by atoms with Gasteiger partial charge >= 0.3 is 0 Å². The van der Waals surface area contributed by atoms with Gasteiger partial charge in [0.05, 0.1) is 0 Å². The fourth-order valence-electron chi connectivity index (χ4n) is 1.37. The summed E-state index contributed by atoms with van der Waals surface area (Å²) in [6, 6.07) is 3.16. The second-order valence-corrected chi connectivity index (χ2v) is 2.75. The van der Waals surface area contributed by atoms with E-state index in [-0.39, 0.29) is 5.82 Å². The molecule has 0 aliphatic rings. The molecule has 1 aromatic carbocycles. The lowest BCUT2D eigenvalue weighted by atomic mass is 10.00. The molecule has 0 unspecified atom stereocenters. The first kappa shape index (κ1) is 8.91. The summed E-state index contributed by atoms with van der Waals surface area (Å²) in [6.45, 7) is 3.90. The van der Waals surface area contributed by atoms with Gasteiger partial charge in [-0.1, -0.05) is 13.0 Å². The van der Waals surface area contributed by atoms with Gasteiger partial charge in [-0.05, 0) is 30.5 Å². The van der Waals surface area contributed by atoms with E-state index in [2.05, 4.69) is 0 Å². The van der Waals surface area contributed by atoms with Crippen LogP contribution >= 0.6 is 0 Å². The SMILES string of the molecule is CCc1c(C)ccc(F)c1C=N. The van der Waals surface area contributed by atoms with E-state index in [4.69, 9.17) is 5.41 Å². The van der Waals surface area contributed by atoms with Crippen molar-refractivity contribution in [3.8, 4) is 0 Å². The van der Waals surface area contributed by atoms with Crippen molar-refractivity contribution in [2.45, 2.75) is 20.3 Å². The molecular weight excluding hydrogens is 153 g/mol. The van der Waals surface area contributed by atoms with Crippen LogP contribution in [-0.4, -0.2) is 6.21 Å². The first-order chi connectivity index (χ1) is 5.70. The lowest BCUT2D eigenvalue weighted by Crippen LogP contribution is -1.98. The zero-order valence-electron chi connectivity index (χ0n) is 7.32. The summed E-state index contributed by atoms with van der Waals surface area (Å²) < 4.78 is 13.1. The fourth-order valence-corrected chi connectivity index (χ4v) is 1.37. The molecule has 0 atom stereocenters. The molecule has 2 heteroatoms. The van der Waals surface area contributed by atoms with Crippen LogP contribution in [0.15, 0.2) is 12.1 Å². The van der Waals surface area contributed by atoms with Gasteiger partial charge < -0.3 is 5.41 Å². The molecule has 12 heavy (non-hydrogen) atoms. The predicted molar refractivity (Wildman–Crippen MR) is 48.4 cm³/mol. The zero-order valence-corrected chi connectivity index (χ0v) is 7.32. The van der Waals surface area contributed by atoms with E-state index in [1.807, 2.05) is 13.8 Å². The van der Waals surface area contributed by atoms with E-state index in [0.717, 1.165) is 23.8 Å². The third kappa shape index (κ3) is 1.37. The van der Waals surface area contributed by atoms with E-state index >= 15 is 0 Å². The van der Waals surface area contributed by atoms with Crippen molar-refractivity contribution in [3.05, 3.63) is 34.6 Å². The normalized spacial score (nSPS) is 9.92. The van der Waals surface area contributed by atoms with Crippen molar-refractivity contribution < 1.29 is 4.39 Å². The number of benzene rings is 1. The Kier molecular flexibility index (Phi) is 2.58. The molecule has 0 heterocycles. The third-order valence-corrected chi connectivity index (χ3v) is 2.04. The highest BCUT2D eigenvalue weighted by atomic mass is 19.1. The molecule has 0 aliphatic heterocycles. The average Bonchev–Trinajstić information content (AvgIpc) is 2.08. The van der Waals surface area contributed by atoms with Crippen molar-refractivity contribution in [3.63, 3.8) is 0 Å². The molecule has 0 amide bonds. The highest BCUT2D eigenvalue weighted by molar-refractivity contribution is 5.80. The Morgan fingerprint density at radius 3 is 2.58 bits per heavy atom. The number of halogens is 1. The molecule has 0 aliphatic carbocycles. The number of aryl methyl sites for hydroxylation is 1. The Hall–Kier alpha value is -1.18. The van der Waals surface area contributed by atoms with E-state index in [1.54, 1.807) is 6.07 Å². The minimum Gasteiger partial charge on any atom is -0.308 e. The molecule has 0 fully saturated rings. The van der Waals surface area contributed by atoms with Gasteiger partial charge in [0.1, 0.15) is 5.82 Å². The van der Waals surface area contributed by atoms with Crippen LogP contribution in [0.25, 0.3) is 0 Å². The first-order valence-corrected chi connectivity index (χ1v) is 3.99. The Bertz CT molecular complexity index is 305. The van der Waals surface area contributed by atoms with Crippen LogP contribution in [0.5, 0.6) is 0 Å². The van der Waals surface area contributed by atoms with Crippen LogP contribution in [0.2, 0.25) is 0 Å². The number of nitrogens with one attached hydrogen (secondary N) is 1. The van der Waals surface area contributed by atoms with Crippen LogP contribution in [0.4, 0.5) is 4.39 Å². The third-order valence-electron chi connectivity index (χ3n) is 2.04. The summed E-state index contributed by atoms with van der Waals surface area (Å²) in [5.74, 6) is -0.299. The summed E-state index contributed by atoms with van der Waals surface area (Å²) in [5.41, 5.74) is 2.42. The monoisotopic (exact) mass is 165 g/mol. The predicted octanol–water partition coefficient (Wildman–Crippen LogP) is 2.69. The van der Waals surface area contributed by atoms with Crippen molar-refractivity contribution >= 4 is 6.21 Å². The summed E-state index contributed by atoms with van der Waals surface area (Å²) in [7, 11) is 0. The van der Waals surface area contributed by atoms with Gasteiger partial charge in [0.15, 0.2) is 0 Å². The second kappa shape index (κ2) is 3.48. The van der Waals surface area contributed by atoms with E-state index in [9.17, 15) is 4.39 Å². The van der Waals surface area contributed by atoms with Gasteiger partial charge in [0, 0.05) is 11.8 Å². The van der Waals surface area contributed by atoms with Crippen LogP contribution in [0.3, 0.4) is 0 Å². The van der Waals surface area contributed by atoms with Gasteiger partial charge in [-0.25, -0.2) is 4.39 Å². The lowest BCUT2D eigenvalue weighted by molar-refractivity contribution is 0.623. The summed E-state index contributed by atoms with van der Waals surface area (Å²) in [4.78, 5) is 0. The van der Waals surface area contributed by atoms with E-state index in [1.165, 1.54) is 6.07 Å². The zero-order chi connectivity index (χ0) is 9.14. The van der Waals surface area contributed by atoms with Crippen molar-refractivity contribution in [1.29, 1.82) is 5.41 Å².